The summed E-state index contributed by atoms with van der Waals surface area (Å²) in [5.41, 5.74) is 2.18. The van der Waals surface area contributed by atoms with Crippen LogP contribution in [0.3, 0.4) is 0 Å². The summed E-state index contributed by atoms with van der Waals surface area (Å²) in [5, 5.41) is 10.8. The lowest BCUT2D eigenvalue weighted by atomic mass is 10.0. The fraction of sp³-hybridized carbons (Fsp3) is 0.450. The molecule has 0 amide bonds. The van der Waals surface area contributed by atoms with Gasteiger partial charge in [-0.15, -0.1) is 6.58 Å². The number of hydrogen-bond donors (Lipinski definition) is 1. The molecule has 0 bridgehead atoms. The van der Waals surface area contributed by atoms with Gasteiger partial charge in [-0.05, 0) is 62.1 Å². The maximum Gasteiger partial charge on any atom is 0.116 e. The van der Waals surface area contributed by atoms with Gasteiger partial charge in [0.1, 0.15) is 5.75 Å². The lowest BCUT2D eigenvalue weighted by Crippen LogP contribution is -2.38. The molecule has 1 N–H and O–H groups in total. The quantitative estimate of drug-likeness (QED) is 0.734. The number of fused-ring (bicyclic) bond motifs is 1. The summed E-state index contributed by atoms with van der Waals surface area (Å²) in [6, 6.07) is 7.89. The van der Waals surface area contributed by atoms with Crippen LogP contribution in [0.4, 0.5) is 0 Å². The van der Waals surface area contributed by atoms with E-state index in [-0.39, 0.29) is 0 Å². The fourth-order valence-corrected chi connectivity index (χ4v) is 3.04. The highest BCUT2D eigenvalue weighted by molar-refractivity contribution is 5.83. The van der Waals surface area contributed by atoms with Crippen LogP contribution < -0.4 is 0 Å². The van der Waals surface area contributed by atoms with Crippen molar-refractivity contribution < 1.29 is 5.11 Å². The van der Waals surface area contributed by atoms with Gasteiger partial charge in [0.15, 0.2) is 0 Å². The Balaban J connectivity index is 2.22. The minimum atomic E-state index is 0.296. The SMILES string of the molecule is C=CC(C)CN(CCC)C(C)Cc1ccnc2ccc(O)cc12. The molecule has 0 aliphatic rings. The zero-order valence-electron chi connectivity index (χ0n) is 14.5. The van der Waals surface area contributed by atoms with Gasteiger partial charge in [-0.25, -0.2) is 0 Å². The lowest BCUT2D eigenvalue weighted by molar-refractivity contribution is 0.192. The third kappa shape index (κ3) is 4.55. The van der Waals surface area contributed by atoms with Gasteiger partial charge in [-0.3, -0.25) is 9.88 Å². The molecule has 0 spiro atoms. The zero-order chi connectivity index (χ0) is 16.8. The number of hydrogen-bond acceptors (Lipinski definition) is 3. The normalized spacial score (nSPS) is 14.1. The van der Waals surface area contributed by atoms with Crippen LogP contribution in [-0.4, -0.2) is 34.1 Å². The topological polar surface area (TPSA) is 36.4 Å². The van der Waals surface area contributed by atoms with E-state index in [0.717, 1.165) is 36.8 Å². The van der Waals surface area contributed by atoms with Gasteiger partial charge in [-0.2, -0.15) is 0 Å². The molecule has 0 saturated carbocycles. The molecular weight excluding hydrogens is 284 g/mol. The number of pyridine rings is 1. The number of aromatic hydroxyl groups is 1. The van der Waals surface area contributed by atoms with E-state index in [0.29, 0.717) is 17.7 Å². The van der Waals surface area contributed by atoms with Crippen molar-refractivity contribution in [1.82, 2.24) is 9.88 Å². The molecule has 124 valence electrons. The van der Waals surface area contributed by atoms with E-state index < -0.39 is 0 Å². The number of phenols is 1. The monoisotopic (exact) mass is 312 g/mol. The zero-order valence-corrected chi connectivity index (χ0v) is 14.5. The van der Waals surface area contributed by atoms with Crippen LogP contribution in [0, 0.1) is 5.92 Å². The molecule has 2 rings (SSSR count). The number of phenolic OH excluding ortho intramolecular Hbond substituents is 1. The van der Waals surface area contributed by atoms with E-state index in [1.54, 1.807) is 6.07 Å². The van der Waals surface area contributed by atoms with Crippen molar-refractivity contribution in [3.63, 3.8) is 0 Å². The minimum Gasteiger partial charge on any atom is -0.508 e. The Morgan fingerprint density at radius 3 is 2.78 bits per heavy atom. The lowest BCUT2D eigenvalue weighted by Gasteiger charge is -2.31. The molecule has 23 heavy (non-hydrogen) atoms. The maximum atomic E-state index is 9.78. The number of nitrogens with zero attached hydrogens (tertiary/aromatic N) is 2. The van der Waals surface area contributed by atoms with Gasteiger partial charge in [0, 0.05) is 24.2 Å². The molecule has 1 aromatic carbocycles. The molecule has 0 radical (unpaired) electrons. The summed E-state index contributed by atoms with van der Waals surface area (Å²) in [4.78, 5) is 6.92. The van der Waals surface area contributed by atoms with Crippen LogP contribution in [0.15, 0.2) is 43.1 Å². The van der Waals surface area contributed by atoms with Crippen LogP contribution in [0.25, 0.3) is 10.9 Å². The van der Waals surface area contributed by atoms with Gasteiger partial charge in [0.25, 0.3) is 0 Å². The van der Waals surface area contributed by atoms with E-state index in [2.05, 4.69) is 43.3 Å². The Morgan fingerprint density at radius 2 is 2.09 bits per heavy atom. The number of benzene rings is 1. The Labute approximate surface area is 139 Å². The van der Waals surface area contributed by atoms with Crippen molar-refractivity contribution in [2.45, 2.75) is 39.7 Å². The third-order valence-corrected chi connectivity index (χ3v) is 4.39. The molecule has 1 aromatic heterocycles. The van der Waals surface area contributed by atoms with E-state index >= 15 is 0 Å². The van der Waals surface area contributed by atoms with Gasteiger partial charge in [0.2, 0.25) is 0 Å². The first-order chi connectivity index (χ1) is 11.0. The summed E-state index contributed by atoms with van der Waals surface area (Å²) in [5.74, 6) is 0.785. The average molecular weight is 312 g/mol. The Hall–Kier alpha value is -1.87. The average Bonchev–Trinajstić information content (AvgIpc) is 2.54. The molecule has 2 aromatic rings. The molecular formula is C20H28N2O. The summed E-state index contributed by atoms with van der Waals surface area (Å²) in [6.45, 7) is 12.7. The van der Waals surface area contributed by atoms with Crippen molar-refractivity contribution >= 4 is 10.9 Å². The fourth-order valence-electron chi connectivity index (χ4n) is 3.04. The number of rotatable bonds is 8. The molecule has 1 heterocycles. The summed E-state index contributed by atoms with van der Waals surface area (Å²) in [6.07, 6.45) is 5.98. The van der Waals surface area contributed by atoms with Crippen molar-refractivity contribution in [2.24, 2.45) is 5.92 Å². The Kier molecular flexibility index (Phi) is 6.17. The number of aromatic nitrogens is 1. The molecule has 0 fully saturated rings. The second kappa shape index (κ2) is 8.11. The highest BCUT2D eigenvalue weighted by Gasteiger charge is 2.16. The minimum absolute atomic E-state index is 0.296. The highest BCUT2D eigenvalue weighted by Crippen LogP contribution is 2.23. The predicted octanol–water partition coefficient (Wildman–Crippen LogP) is 4.41. The van der Waals surface area contributed by atoms with E-state index in [4.69, 9.17) is 0 Å². The molecule has 2 atom stereocenters. The Morgan fingerprint density at radius 1 is 1.30 bits per heavy atom. The molecule has 3 heteroatoms. The third-order valence-electron chi connectivity index (χ3n) is 4.39. The van der Waals surface area contributed by atoms with E-state index in [1.807, 2.05) is 24.4 Å². The van der Waals surface area contributed by atoms with E-state index in [9.17, 15) is 5.11 Å². The molecule has 0 aliphatic carbocycles. The van der Waals surface area contributed by atoms with Crippen molar-refractivity contribution in [3.8, 4) is 5.75 Å². The maximum absolute atomic E-state index is 9.78. The van der Waals surface area contributed by atoms with Crippen molar-refractivity contribution in [2.75, 3.05) is 13.1 Å². The van der Waals surface area contributed by atoms with Crippen LogP contribution in [0.2, 0.25) is 0 Å². The summed E-state index contributed by atoms with van der Waals surface area (Å²) >= 11 is 0. The van der Waals surface area contributed by atoms with Crippen LogP contribution in [-0.2, 0) is 6.42 Å². The first-order valence-corrected chi connectivity index (χ1v) is 8.48. The summed E-state index contributed by atoms with van der Waals surface area (Å²) in [7, 11) is 0. The largest absolute Gasteiger partial charge is 0.508 e. The van der Waals surface area contributed by atoms with Gasteiger partial charge in [-0.1, -0.05) is 19.9 Å². The van der Waals surface area contributed by atoms with Crippen LogP contribution in [0.1, 0.15) is 32.8 Å². The van der Waals surface area contributed by atoms with Crippen LogP contribution >= 0.6 is 0 Å². The van der Waals surface area contributed by atoms with Gasteiger partial charge in [0.05, 0.1) is 5.52 Å². The molecule has 3 nitrogen and oxygen atoms in total. The summed E-state index contributed by atoms with van der Waals surface area (Å²) < 4.78 is 0. The van der Waals surface area contributed by atoms with Crippen molar-refractivity contribution in [3.05, 3.63) is 48.7 Å². The highest BCUT2D eigenvalue weighted by atomic mass is 16.3. The standard InChI is InChI=1S/C20H28N2O/c1-5-11-22(14-15(3)6-2)16(4)12-17-9-10-21-20-8-7-18(23)13-19(17)20/h6-10,13,15-16,23H,2,5,11-12,14H2,1,3-4H3. The smallest absolute Gasteiger partial charge is 0.116 e. The molecule has 2 unspecified atom stereocenters. The predicted molar refractivity (Wildman–Crippen MR) is 97.8 cm³/mol. The Bertz CT molecular complexity index is 653. The van der Waals surface area contributed by atoms with E-state index in [1.165, 1.54) is 5.56 Å². The first-order valence-electron chi connectivity index (χ1n) is 8.48. The van der Waals surface area contributed by atoms with Gasteiger partial charge < -0.3 is 5.11 Å². The van der Waals surface area contributed by atoms with Gasteiger partial charge >= 0.3 is 0 Å². The molecule has 0 saturated heterocycles. The molecule has 0 aliphatic heterocycles. The second-order valence-corrected chi connectivity index (χ2v) is 6.43. The second-order valence-electron chi connectivity index (χ2n) is 6.43. The first kappa shape index (κ1) is 17.5. The van der Waals surface area contributed by atoms with Crippen molar-refractivity contribution in [1.29, 1.82) is 0 Å². The van der Waals surface area contributed by atoms with Crippen LogP contribution in [0.5, 0.6) is 5.75 Å².